The van der Waals surface area contributed by atoms with E-state index in [0.717, 1.165) is 19.3 Å². The standard InChI is InChI=1S/C12H26O2/c1-4-7-8-11(5-2)12(14,6-3)9-10-13/h11,13-14H,4-10H2,1-3H3. The molecule has 2 atom stereocenters. The molecule has 0 spiro atoms. The van der Waals surface area contributed by atoms with Gasteiger partial charge < -0.3 is 10.2 Å². The lowest BCUT2D eigenvalue weighted by atomic mass is 9.78. The largest absolute Gasteiger partial charge is 0.396 e. The summed E-state index contributed by atoms with van der Waals surface area (Å²) in [6.45, 7) is 6.39. The van der Waals surface area contributed by atoms with Crippen LogP contribution in [0.3, 0.4) is 0 Å². The van der Waals surface area contributed by atoms with Crippen molar-refractivity contribution in [1.82, 2.24) is 0 Å². The van der Waals surface area contributed by atoms with Crippen LogP contribution in [0.25, 0.3) is 0 Å². The van der Waals surface area contributed by atoms with Gasteiger partial charge in [-0.1, -0.05) is 40.0 Å². The molecule has 0 aliphatic carbocycles. The van der Waals surface area contributed by atoms with E-state index in [4.69, 9.17) is 5.11 Å². The molecule has 0 aliphatic rings. The zero-order valence-corrected chi connectivity index (χ0v) is 9.92. The van der Waals surface area contributed by atoms with E-state index in [1.165, 1.54) is 12.8 Å². The van der Waals surface area contributed by atoms with Crippen LogP contribution < -0.4 is 0 Å². The maximum absolute atomic E-state index is 10.3. The minimum atomic E-state index is -0.640. The molecule has 0 bridgehead atoms. The van der Waals surface area contributed by atoms with E-state index in [1.807, 2.05) is 6.92 Å². The highest BCUT2D eigenvalue weighted by molar-refractivity contribution is 4.84. The highest BCUT2D eigenvalue weighted by Crippen LogP contribution is 2.31. The maximum atomic E-state index is 10.3. The Kier molecular flexibility index (Phi) is 7.20. The van der Waals surface area contributed by atoms with Gasteiger partial charge in [-0.25, -0.2) is 0 Å². The zero-order valence-electron chi connectivity index (χ0n) is 9.92. The van der Waals surface area contributed by atoms with Gasteiger partial charge in [0.05, 0.1) is 5.60 Å². The van der Waals surface area contributed by atoms with Gasteiger partial charge in [0.25, 0.3) is 0 Å². The number of aliphatic hydroxyl groups excluding tert-OH is 1. The van der Waals surface area contributed by atoms with Crippen LogP contribution in [-0.2, 0) is 0 Å². The van der Waals surface area contributed by atoms with Crippen LogP contribution in [-0.4, -0.2) is 22.4 Å². The first-order valence-electron chi connectivity index (χ1n) is 5.97. The third-order valence-corrected chi connectivity index (χ3v) is 3.32. The molecule has 2 nitrogen and oxygen atoms in total. The Hall–Kier alpha value is -0.0800. The van der Waals surface area contributed by atoms with Crippen LogP contribution in [0.15, 0.2) is 0 Å². The number of hydrogen-bond acceptors (Lipinski definition) is 2. The van der Waals surface area contributed by atoms with Crippen LogP contribution in [0, 0.1) is 5.92 Å². The molecular formula is C12H26O2. The van der Waals surface area contributed by atoms with Gasteiger partial charge in [-0.15, -0.1) is 0 Å². The van der Waals surface area contributed by atoms with Gasteiger partial charge in [-0.3, -0.25) is 0 Å². The van der Waals surface area contributed by atoms with Crippen molar-refractivity contribution < 1.29 is 10.2 Å². The predicted octanol–water partition coefficient (Wildman–Crippen LogP) is 2.73. The highest BCUT2D eigenvalue weighted by Gasteiger charge is 2.32. The second kappa shape index (κ2) is 7.24. The van der Waals surface area contributed by atoms with Crippen molar-refractivity contribution in [3.05, 3.63) is 0 Å². The van der Waals surface area contributed by atoms with Gasteiger partial charge >= 0.3 is 0 Å². The minimum absolute atomic E-state index is 0.0902. The molecule has 0 rings (SSSR count). The van der Waals surface area contributed by atoms with E-state index in [-0.39, 0.29) is 6.61 Å². The van der Waals surface area contributed by atoms with Crippen LogP contribution in [0.5, 0.6) is 0 Å². The second-order valence-corrected chi connectivity index (χ2v) is 4.18. The monoisotopic (exact) mass is 202 g/mol. The SMILES string of the molecule is CCCCC(CC)C(O)(CC)CCO. The number of rotatable bonds is 8. The van der Waals surface area contributed by atoms with E-state index >= 15 is 0 Å². The summed E-state index contributed by atoms with van der Waals surface area (Å²) in [5, 5.41) is 19.3. The summed E-state index contributed by atoms with van der Waals surface area (Å²) >= 11 is 0. The third-order valence-electron chi connectivity index (χ3n) is 3.32. The smallest absolute Gasteiger partial charge is 0.0694 e. The van der Waals surface area contributed by atoms with Gasteiger partial charge in [0.2, 0.25) is 0 Å². The molecule has 14 heavy (non-hydrogen) atoms. The van der Waals surface area contributed by atoms with Crippen molar-refractivity contribution in [2.24, 2.45) is 5.92 Å². The van der Waals surface area contributed by atoms with E-state index in [2.05, 4.69) is 13.8 Å². The second-order valence-electron chi connectivity index (χ2n) is 4.18. The Morgan fingerprint density at radius 3 is 2.21 bits per heavy atom. The first-order valence-corrected chi connectivity index (χ1v) is 5.97. The summed E-state index contributed by atoms with van der Waals surface area (Å²) in [6.07, 6.45) is 5.70. The molecule has 0 saturated carbocycles. The quantitative estimate of drug-likeness (QED) is 0.635. The molecule has 2 heteroatoms. The summed E-state index contributed by atoms with van der Waals surface area (Å²) in [4.78, 5) is 0. The van der Waals surface area contributed by atoms with Crippen LogP contribution in [0.1, 0.15) is 59.3 Å². The number of unbranched alkanes of at least 4 members (excludes halogenated alkanes) is 1. The van der Waals surface area contributed by atoms with Crippen molar-refractivity contribution in [2.75, 3.05) is 6.61 Å². The molecule has 0 aromatic heterocycles. The van der Waals surface area contributed by atoms with E-state index in [0.29, 0.717) is 12.3 Å². The lowest BCUT2D eigenvalue weighted by Gasteiger charge is -2.34. The van der Waals surface area contributed by atoms with Crippen molar-refractivity contribution in [3.63, 3.8) is 0 Å². The summed E-state index contributed by atoms with van der Waals surface area (Å²) in [5.41, 5.74) is -0.640. The molecule has 0 aromatic rings. The highest BCUT2D eigenvalue weighted by atomic mass is 16.3. The first kappa shape index (κ1) is 13.9. The fraction of sp³-hybridized carbons (Fsp3) is 1.00. The van der Waals surface area contributed by atoms with E-state index in [1.54, 1.807) is 0 Å². The van der Waals surface area contributed by atoms with E-state index in [9.17, 15) is 5.11 Å². The average molecular weight is 202 g/mol. The first-order chi connectivity index (χ1) is 6.64. The van der Waals surface area contributed by atoms with Crippen molar-refractivity contribution in [2.45, 2.75) is 64.9 Å². The van der Waals surface area contributed by atoms with Gasteiger partial charge in [-0.2, -0.15) is 0 Å². The van der Waals surface area contributed by atoms with Crippen molar-refractivity contribution in [3.8, 4) is 0 Å². The van der Waals surface area contributed by atoms with Crippen molar-refractivity contribution in [1.29, 1.82) is 0 Å². The lowest BCUT2D eigenvalue weighted by Crippen LogP contribution is -2.38. The van der Waals surface area contributed by atoms with Gasteiger partial charge in [0, 0.05) is 6.61 Å². The zero-order chi connectivity index (χ0) is 11.0. The Balaban J connectivity index is 4.26. The normalized spacial score (nSPS) is 17.8. The Morgan fingerprint density at radius 2 is 1.86 bits per heavy atom. The minimum Gasteiger partial charge on any atom is -0.396 e. The number of aliphatic hydroxyl groups is 2. The van der Waals surface area contributed by atoms with Gasteiger partial charge in [-0.05, 0) is 25.2 Å². The molecule has 0 fully saturated rings. The van der Waals surface area contributed by atoms with Crippen LogP contribution in [0.2, 0.25) is 0 Å². The summed E-state index contributed by atoms with van der Waals surface area (Å²) in [7, 11) is 0. The summed E-state index contributed by atoms with van der Waals surface area (Å²) in [6, 6.07) is 0. The van der Waals surface area contributed by atoms with Crippen LogP contribution >= 0.6 is 0 Å². The average Bonchev–Trinajstić information content (AvgIpc) is 2.19. The van der Waals surface area contributed by atoms with Gasteiger partial charge in [0.15, 0.2) is 0 Å². The van der Waals surface area contributed by atoms with E-state index < -0.39 is 5.60 Å². The molecule has 0 amide bonds. The molecule has 86 valence electrons. The Bertz CT molecular complexity index is 136. The molecule has 0 saturated heterocycles. The Labute approximate surface area is 88.3 Å². The molecule has 0 heterocycles. The summed E-state index contributed by atoms with van der Waals surface area (Å²) in [5.74, 6) is 0.347. The van der Waals surface area contributed by atoms with Crippen LogP contribution in [0.4, 0.5) is 0 Å². The topological polar surface area (TPSA) is 40.5 Å². The molecular weight excluding hydrogens is 176 g/mol. The molecule has 0 aliphatic heterocycles. The fourth-order valence-corrected chi connectivity index (χ4v) is 2.17. The number of hydrogen-bond donors (Lipinski definition) is 2. The molecule has 2 N–H and O–H groups in total. The molecule has 2 unspecified atom stereocenters. The molecule has 0 radical (unpaired) electrons. The van der Waals surface area contributed by atoms with Gasteiger partial charge in [0.1, 0.15) is 0 Å². The predicted molar refractivity (Wildman–Crippen MR) is 60.2 cm³/mol. The molecule has 0 aromatic carbocycles. The van der Waals surface area contributed by atoms with Crippen molar-refractivity contribution >= 4 is 0 Å². The summed E-state index contributed by atoms with van der Waals surface area (Å²) < 4.78 is 0. The fourth-order valence-electron chi connectivity index (χ4n) is 2.17. The maximum Gasteiger partial charge on any atom is 0.0694 e. The third kappa shape index (κ3) is 3.97. The Morgan fingerprint density at radius 1 is 1.21 bits per heavy atom. The lowest BCUT2D eigenvalue weighted by molar-refractivity contribution is -0.0456.